The van der Waals surface area contributed by atoms with E-state index in [1.54, 1.807) is 0 Å². The quantitative estimate of drug-likeness (QED) is 0.899. The Kier molecular flexibility index (Phi) is 3.19. The van der Waals surface area contributed by atoms with Crippen LogP contribution in [0.3, 0.4) is 0 Å². The summed E-state index contributed by atoms with van der Waals surface area (Å²) in [5.41, 5.74) is 2.89. The van der Waals surface area contributed by atoms with Gasteiger partial charge in [0, 0.05) is 16.0 Å². The fraction of sp³-hybridized carbons (Fsp3) is 0.286. The number of rotatable bonds is 3. The smallest absolute Gasteiger partial charge is 0.347 e. The summed E-state index contributed by atoms with van der Waals surface area (Å²) >= 11 is 4.79. The van der Waals surface area contributed by atoms with Crippen LogP contribution in [0.1, 0.15) is 39.7 Å². The van der Waals surface area contributed by atoms with Gasteiger partial charge in [0.15, 0.2) is 0 Å². The van der Waals surface area contributed by atoms with Crippen LogP contribution in [0.15, 0.2) is 22.7 Å². The Balaban J connectivity index is 2.10. The van der Waals surface area contributed by atoms with Crippen LogP contribution in [0, 0.1) is 6.92 Å². The van der Waals surface area contributed by atoms with Crippen LogP contribution in [-0.2, 0) is 0 Å². The molecule has 1 N–H and O–H groups in total. The van der Waals surface area contributed by atoms with E-state index in [0.29, 0.717) is 10.8 Å². The van der Waals surface area contributed by atoms with Crippen molar-refractivity contribution in [3.05, 3.63) is 38.8 Å². The Labute approximate surface area is 123 Å². The molecule has 3 rings (SSSR count). The molecule has 0 radical (unpaired) electrons. The summed E-state index contributed by atoms with van der Waals surface area (Å²) in [5, 5.41) is 10.1. The van der Waals surface area contributed by atoms with E-state index < -0.39 is 5.97 Å². The highest BCUT2D eigenvalue weighted by molar-refractivity contribution is 9.10. The van der Waals surface area contributed by atoms with Crippen molar-refractivity contribution in [2.45, 2.75) is 25.7 Å². The molecule has 0 saturated heterocycles. The van der Waals surface area contributed by atoms with Crippen LogP contribution in [0.4, 0.5) is 0 Å². The van der Waals surface area contributed by atoms with Crippen LogP contribution >= 0.6 is 27.3 Å². The van der Waals surface area contributed by atoms with Crippen molar-refractivity contribution in [1.29, 1.82) is 0 Å². The van der Waals surface area contributed by atoms with E-state index in [-0.39, 0.29) is 0 Å². The summed E-state index contributed by atoms with van der Waals surface area (Å²) in [6.07, 6.45) is 2.11. The summed E-state index contributed by atoms with van der Waals surface area (Å²) in [4.78, 5) is 16.3. The van der Waals surface area contributed by atoms with E-state index in [0.717, 1.165) is 39.1 Å². The highest BCUT2D eigenvalue weighted by atomic mass is 79.9. The molecule has 1 saturated carbocycles. The van der Waals surface area contributed by atoms with Gasteiger partial charge in [-0.15, -0.1) is 11.3 Å². The van der Waals surface area contributed by atoms with Crippen molar-refractivity contribution in [2.24, 2.45) is 0 Å². The second kappa shape index (κ2) is 4.72. The maximum atomic E-state index is 11.3. The molecule has 0 amide bonds. The van der Waals surface area contributed by atoms with Crippen molar-refractivity contribution >= 4 is 33.2 Å². The molecule has 3 nitrogen and oxygen atoms in total. The zero-order valence-electron chi connectivity index (χ0n) is 10.3. The van der Waals surface area contributed by atoms with Gasteiger partial charge in [-0.05, 0) is 31.4 Å². The number of hydrogen-bond acceptors (Lipinski definition) is 3. The minimum absolute atomic E-state index is 0.348. The Bertz CT molecular complexity index is 661. The van der Waals surface area contributed by atoms with Gasteiger partial charge in [-0.2, -0.15) is 0 Å². The zero-order valence-corrected chi connectivity index (χ0v) is 12.7. The molecule has 0 atom stereocenters. The van der Waals surface area contributed by atoms with Crippen LogP contribution in [0.2, 0.25) is 0 Å². The van der Waals surface area contributed by atoms with Gasteiger partial charge >= 0.3 is 5.97 Å². The standard InChI is InChI=1S/C14H12BrNO2S/c1-7-2-5-9(10(15)6-7)13-16-11(8-3-4-8)12(19-13)14(17)18/h2,5-6,8H,3-4H2,1H3,(H,17,18). The fourth-order valence-electron chi connectivity index (χ4n) is 2.03. The molecule has 19 heavy (non-hydrogen) atoms. The topological polar surface area (TPSA) is 50.2 Å². The lowest BCUT2D eigenvalue weighted by molar-refractivity contribution is 0.0700. The first-order chi connectivity index (χ1) is 9.06. The lowest BCUT2D eigenvalue weighted by Gasteiger charge is -2.01. The predicted molar refractivity (Wildman–Crippen MR) is 78.9 cm³/mol. The zero-order chi connectivity index (χ0) is 13.6. The van der Waals surface area contributed by atoms with Crippen molar-refractivity contribution in [2.75, 3.05) is 0 Å². The molecule has 0 aliphatic heterocycles. The number of aromatic carboxylic acids is 1. The number of benzene rings is 1. The molecule has 1 aromatic carbocycles. The third-order valence-electron chi connectivity index (χ3n) is 3.17. The van der Waals surface area contributed by atoms with E-state index in [1.807, 2.05) is 25.1 Å². The van der Waals surface area contributed by atoms with E-state index >= 15 is 0 Å². The number of hydrogen-bond donors (Lipinski definition) is 1. The molecule has 0 unspecified atom stereocenters. The molecule has 0 spiro atoms. The molecule has 5 heteroatoms. The van der Waals surface area contributed by atoms with E-state index in [1.165, 1.54) is 11.3 Å². The van der Waals surface area contributed by atoms with Crippen LogP contribution in [-0.4, -0.2) is 16.1 Å². The fourth-order valence-corrected chi connectivity index (χ4v) is 3.87. The molecular formula is C14H12BrNO2S. The lowest BCUT2D eigenvalue weighted by Crippen LogP contribution is -1.97. The van der Waals surface area contributed by atoms with Gasteiger partial charge < -0.3 is 5.11 Å². The maximum absolute atomic E-state index is 11.3. The number of halogens is 1. The predicted octanol–water partition coefficient (Wildman–Crippen LogP) is 4.46. The summed E-state index contributed by atoms with van der Waals surface area (Å²) < 4.78 is 0.959. The number of nitrogens with zero attached hydrogens (tertiary/aromatic N) is 1. The number of carbonyl (C=O) groups is 1. The number of carboxylic acids is 1. The van der Waals surface area contributed by atoms with Gasteiger partial charge in [0.05, 0.1) is 5.69 Å². The molecule has 1 aromatic heterocycles. The van der Waals surface area contributed by atoms with Crippen molar-refractivity contribution < 1.29 is 9.90 Å². The molecule has 1 fully saturated rings. The number of thiazole rings is 1. The molecule has 1 aliphatic rings. The van der Waals surface area contributed by atoms with Gasteiger partial charge in [-0.1, -0.05) is 28.1 Å². The highest BCUT2D eigenvalue weighted by Gasteiger charge is 2.32. The average Bonchev–Trinajstić information content (AvgIpc) is 3.09. The van der Waals surface area contributed by atoms with Crippen molar-refractivity contribution in [1.82, 2.24) is 4.98 Å². The molecule has 1 aliphatic carbocycles. The molecule has 98 valence electrons. The first-order valence-corrected chi connectivity index (χ1v) is 7.67. The van der Waals surface area contributed by atoms with Gasteiger partial charge in [-0.25, -0.2) is 9.78 Å². The van der Waals surface area contributed by atoms with Crippen LogP contribution in [0.5, 0.6) is 0 Å². The average molecular weight is 338 g/mol. The molecule has 0 bridgehead atoms. The Morgan fingerprint density at radius 3 is 2.79 bits per heavy atom. The molecule has 1 heterocycles. The number of aromatic nitrogens is 1. The Morgan fingerprint density at radius 2 is 2.21 bits per heavy atom. The third-order valence-corrected chi connectivity index (χ3v) is 4.92. The summed E-state index contributed by atoms with van der Waals surface area (Å²) in [7, 11) is 0. The lowest BCUT2D eigenvalue weighted by atomic mass is 10.1. The summed E-state index contributed by atoms with van der Waals surface area (Å²) in [6.45, 7) is 2.02. The van der Waals surface area contributed by atoms with Crippen molar-refractivity contribution in [3.63, 3.8) is 0 Å². The van der Waals surface area contributed by atoms with Gasteiger partial charge in [0.1, 0.15) is 9.88 Å². The van der Waals surface area contributed by atoms with E-state index in [9.17, 15) is 9.90 Å². The SMILES string of the molecule is Cc1ccc(-c2nc(C3CC3)c(C(=O)O)s2)c(Br)c1. The van der Waals surface area contributed by atoms with Gasteiger partial charge in [-0.3, -0.25) is 0 Å². The summed E-state index contributed by atoms with van der Waals surface area (Å²) in [6, 6.07) is 6.02. The Hall–Kier alpha value is -1.20. The summed E-state index contributed by atoms with van der Waals surface area (Å²) in [5.74, 6) is -0.519. The number of carboxylic acid groups (broad SMARTS) is 1. The van der Waals surface area contributed by atoms with E-state index in [4.69, 9.17) is 0 Å². The minimum Gasteiger partial charge on any atom is -0.477 e. The normalized spacial score (nSPS) is 14.6. The first-order valence-electron chi connectivity index (χ1n) is 6.07. The second-order valence-corrected chi connectivity index (χ2v) is 6.65. The monoisotopic (exact) mass is 337 g/mol. The molecule has 2 aromatic rings. The third kappa shape index (κ3) is 2.44. The van der Waals surface area contributed by atoms with E-state index in [2.05, 4.69) is 20.9 Å². The highest BCUT2D eigenvalue weighted by Crippen LogP contribution is 2.45. The first kappa shape index (κ1) is 12.8. The Morgan fingerprint density at radius 1 is 1.47 bits per heavy atom. The number of aryl methyl sites for hydroxylation is 1. The van der Waals surface area contributed by atoms with Crippen LogP contribution in [0.25, 0.3) is 10.6 Å². The van der Waals surface area contributed by atoms with Crippen molar-refractivity contribution in [3.8, 4) is 10.6 Å². The molecular weight excluding hydrogens is 326 g/mol. The maximum Gasteiger partial charge on any atom is 0.347 e. The minimum atomic E-state index is -0.867. The van der Waals surface area contributed by atoms with Gasteiger partial charge in [0.2, 0.25) is 0 Å². The van der Waals surface area contributed by atoms with Crippen LogP contribution < -0.4 is 0 Å². The van der Waals surface area contributed by atoms with Gasteiger partial charge in [0.25, 0.3) is 0 Å². The second-order valence-electron chi connectivity index (χ2n) is 4.80. The largest absolute Gasteiger partial charge is 0.477 e.